The summed E-state index contributed by atoms with van der Waals surface area (Å²) in [6, 6.07) is 0. The van der Waals surface area contributed by atoms with Crippen LogP contribution >= 0.6 is 16.3 Å². The van der Waals surface area contributed by atoms with Gasteiger partial charge in [0.15, 0.2) is 8.03 Å². The summed E-state index contributed by atoms with van der Waals surface area (Å²) in [4.78, 5) is 0. The molecule has 0 amide bonds. The summed E-state index contributed by atoms with van der Waals surface area (Å²) >= 11 is 0. The van der Waals surface area contributed by atoms with E-state index in [0.717, 1.165) is 0 Å². The summed E-state index contributed by atoms with van der Waals surface area (Å²) in [5.41, 5.74) is 0. The molecule has 0 aliphatic carbocycles. The summed E-state index contributed by atoms with van der Waals surface area (Å²) in [6.45, 7) is 4.65. The van der Waals surface area contributed by atoms with Gasteiger partial charge in [-0.05, 0) is 13.1 Å². The molecule has 0 aromatic heterocycles. The van der Waals surface area contributed by atoms with Crippen molar-refractivity contribution in [2.45, 2.75) is 13.1 Å². The van der Waals surface area contributed by atoms with E-state index in [0.29, 0.717) is 0 Å². The van der Waals surface area contributed by atoms with Crippen LogP contribution in [0.1, 0.15) is 0 Å². The first-order valence-corrected chi connectivity index (χ1v) is 12.5. The summed E-state index contributed by atoms with van der Waals surface area (Å²) in [6.07, 6.45) is 0. The lowest BCUT2D eigenvalue weighted by molar-refractivity contribution is 0.0502. The van der Waals surface area contributed by atoms with Gasteiger partial charge < -0.3 is 21.7 Å². The van der Waals surface area contributed by atoms with Gasteiger partial charge >= 0.3 is 25.9 Å². The fourth-order valence-corrected chi connectivity index (χ4v) is 8.84. The minimum atomic E-state index is -3.42. The Labute approximate surface area is 110 Å². The summed E-state index contributed by atoms with van der Waals surface area (Å²) in [7, 11) is -7.34. The Hall–Kier alpha value is 0.654. The fraction of sp³-hybridized carbons (Fsp3) is 1.00. The Bertz CT molecular complexity index is 300. The van der Waals surface area contributed by atoms with Crippen LogP contribution in [0.25, 0.3) is 0 Å². The molecule has 2 unspecified atom stereocenters. The molecule has 110 valence electrons. The molecule has 0 aliphatic heterocycles. The van der Waals surface area contributed by atoms with Gasteiger partial charge in [0.2, 0.25) is 0 Å². The minimum Gasteiger partial charge on any atom is -0.354 e. The molecule has 0 bridgehead atoms. The van der Waals surface area contributed by atoms with Gasteiger partial charge in [-0.25, -0.2) is 0 Å². The van der Waals surface area contributed by atoms with E-state index in [2.05, 4.69) is 0 Å². The zero-order valence-corrected chi connectivity index (χ0v) is 15.3. The largest absolute Gasteiger partial charge is 0.685 e. The molecule has 0 fully saturated rings. The van der Waals surface area contributed by atoms with Gasteiger partial charge in [0.25, 0.3) is 0 Å². The van der Waals surface area contributed by atoms with Crippen molar-refractivity contribution in [3.8, 4) is 0 Å². The molecule has 2 atom stereocenters. The quantitative estimate of drug-likeness (QED) is 0.463. The van der Waals surface area contributed by atoms with Crippen LogP contribution in [0.3, 0.4) is 0 Å². The maximum Gasteiger partial charge on any atom is 0.685 e. The van der Waals surface area contributed by atoms with Crippen molar-refractivity contribution in [3.63, 3.8) is 0 Å². The zero-order valence-electron chi connectivity index (χ0n) is 11.3. The standard InChI is InChI=1S/C6H20O8P2Si2/c1-9-18(10-2,11-3)14-16(8)13-17(5,6)12-15(4)7/h15-16H,1-6H3. The van der Waals surface area contributed by atoms with E-state index < -0.39 is 33.9 Å². The molecule has 0 aromatic rings. The van der Waals surface area contributed by atoms with Crippen LogP contribution in [-0.2, 0) is 35.0 Å². The highest BCUT2D eigenvalue weighted by atomic mass is 31.1. The average Bonchev–Trinajstić information content (AvgIpc) is 2.23. The van der Waals surface area contributed by atoms with Crippen molar-refractivity contribution in [3.05, 3.63) is 0 Å². The second-order valence-corrected chi connectivity index (χ2v) is 12.5. The van der Waals surface area contributed by atoms with E-state index in [-0.39, 0.29) is 0 Å². The second kappa shape index (κ2) is 8.06. The molecule has 8 nitrogen and oxygen atoms in total. The molecule has 0 aliphatic rings. The van der Waals surface area contributed by atoms with Crippen molar-refractivity contribution >= 4 is 33.9 Å². The van der Waals surface area contributed by atoms with Gasteiger partial charge in [0.05, 0.1) is 0 Å². The van der Waals surface area contributed by atoms with Crippen molar-refractivity contribution in [1.29, 1.82) is 0 Å². The zero-order chi connectivity index (χ0) is 14.4. The summed E-state index contributed by atoms with van der Waals surface area (Å²) in [5.74, 6) is 0. The van der Waals surface area contributed by atoms with Crippen LogP contribution in [0, 0.1) is 0 Å². The number of hydrogen-bond acceptors (Lipinski definition) is 8. The predicted molar refractivity (Wildman–Crippen MR) is 71.4 cm³/mol. The van der Waals surface area contributed by atoms with Gasteiger partial charge in [0, 0.05) is 28.0 Å². The van der Waals surface area contributed by atoms with Gasteiger partial charge in [0.1, 0.15) is 0 Å². The van der Waals surface area contributed by atoms with Crippen LogP contribution in [0.15, 0.2) is 0 Å². The Morgan fingerprint density at radius 3 is 1.61 bits per heavy atom. The highest BCUT2D eigenvalue weighted by Crippen LogP contribution is 2.37. The van der Waals surface area contributed by atoms with Gasteiger partial charge in [-0.1, -0.05) is 0 Å². The van der Waals surface area contributed by atoms with Crippen molar-refractivity contribution in [2.75, 3.05) is 28.0 Å². The highest BCUT2D eigenvalue weighted by molar-refractivity contribution is 7.41. The lowest BCUT2D eigenvalue weighted by atomic mass is 11.8. The van der Waals surface area contributed by atoms with Gasteiger partial charge in [-0.2, -0.15) is 0 Å². The number of hydrogen-bond donors (Lipinski definition) is 0. The van der Waals surface area contributed by atoms with Crippen molar-refractivity contribution in [2.24, 2.45) is 0 Å². The molecular weight excluding hydrogens is 318 g/mol. The smallest absolute Gasteiger partial charge is 0.354 e. The Morgan fingerprint density at radius 2 is 1.28 bits per heavy atom. The molecular formula is C6H20O8P2Si2. The lowest BCUT2D eigenvalue weighted by Gasteiger charge is -2.25. The molecule has 0 radical (unpaired) electrons. The van der Waals surface area contributed by atoms with Crippen LogP contribution in [-0.4, -0.2) is 45.6 Å². The Balaban J connectivity index is 4.54. The molecule has 0 saturated heterocycles. The predicted octanol–water partition coefficient (Wildman–Crippen LogP) is 1.61. The highest BCUT2D eigenvalue weighted by Gasteiger charge is 2.46. The molecule has 18 heavy (non-hydrogen) atoms. The fourth-order valence-electron chi connectivity index (χ4n) is 1.07. The van der Waals surface area contributed by atoms with E-state index in [1.165, 1.54) is 28.0 Å². The molecule has 12 heteroatoms. The van der Waals surface area contributed by atoms with E-state index in [9.17, 15) is 9.13 Å². The SMILES string of the molecule is CO[Si](OC)(OC)O[PH](=O)O[Si](C)(C)O[PH](C)=O. The van der Waals surface area contributed by atoms with Crippen molar-refractivity contribution < 1.29 is 35.0 Å². The van der Waals surface area contributed by atoms with E-state index in [1.807, 2.05) is 0 Å². The third-order valence-electron chi connectivity index (χ3n) is 1.68. The van der Waals surface area contributed by atoms with Crippen LogP contribution in [0.4, 0.5) is 0 Å². The van der Waals surface area contributed by atoms with Crippen LogP contribution in [0.2, 0.25) is 13.1 Å². The first-order valence-electron chi connectivity index (χ1n) is 4.97. The van der Waals surface area contributed by atoms with Gasteiger partial charge in [-0.15, -0.1) is 0 Å². The third kappa shape index (κ3) is 6.71. The molecule has 0 aromatic carbocycles. The topological polar surface area (TPSA) is 89.5 Å². The maximum absolute atomic E-state index is 11.7. The van der Waals surface area contributed by atoms with Crippen molar-refractivity contribution in [1.82, 2.24) is 0 Å². The van der Waals surface area contributed by atoms with E-state index in [1.54, 1.807) is 13.1 Å². The lowest BCUT2D eigenvalue weighted by Crippen LogP contribution is -2.45. The van der Waals surface area contributed by atoms with Crippen LogP contribution < -0.4 is 0 Å². The minimum absolute atomic E-state index is 1.32. The first kappa shape index (κ1) is 18.7. The Kier molecular flexibility index (Phi) is 8.35. The molecule has 0 spiro atoms. The van der Waals surface area contributed by atoms with E-state index >= 15 is 0 Å². The Morgan fingerprint density at radius 1 is 0.833 bits per heavy atom. The molecule has 0 heterocycles. The number of rotatable bonds is 9. The normalized spacial score (nSPS) is 16.6. The average molecular weight is 338 g/mol. The first-order chi connectivity index (χ1) is 8.20. The summed E-state index contributed by atoms with van der Waals surface area (Å²) < 4.78 is 52.9. The van der Waals surface area contributed by atoms with Crippen LogP contribution in [0.5, 0.6) is 0 Å². The second-order valence-electron chi connectivity index (χ2n) is 3.56. The summed E-state index contributed by atoms with van der Waals surface area (Å²) in [5, 5.41) is 0. The monoisotopic (exact) mass is 338 g/mol. The molecule has 0 N–H and O–H groups in total. The third-order valence-corrected chi connectivity index (χ3v) is 10.6. The molecule has 0 rings (SSSR count). The van der Waals surface area contributed by atoms with Gasteiger partial charge in [-0.3, -0.25) is 13.3 Å². The maximum atomic E-state index is 11.7. The molecule has 0 saturated carbocycles. The van der Waals surface area contributed by atoms with E-state index in [4.69, 9.17) is 25.9 Å².